The molecule has 1 saturated heterocycles. The van der Waals surface area contributed by atoms with E-state index in [1.54, 1.807) is 36.7 Å². The number of aromatic hydroxyl groups is 1. The molecule has 1 aromatic heterocycles. The first-order valence-electron chi connectivity index (χ1n) is 8.08. The van der Waals surface area contributed by atoms with Gasteiger partial charge >= 0.3 is 0 Å². The van der Waals surface area contributed by atoms with Gasteiger partial charge in [-0.1, -0.05) is 18.2 Å². The molecule has 1 N–H and O–H groups in total. The molecule has 124 valence electrons. The summed E-state index contributed by atoms with van der Waals surface area (Å²) < 4.78 is 0. The lowest BCUT2D eigenvalue weighted by atomic mass is 10.2. The zero-order valence-electron chi connectivity index (χ0n) is 13.5. The van der Waals surface area contributed by atoms with E-state index in [2.05, 4.69) is 9.88 Å². The monoisotopic (exact) mass is 323 g/mol. The molecule has 2 heterocycles. The molecule has 0 bridgehead atoms. The minimum atomic E-state index is 0.0378. The number of phenols is 1. The summed E-state index contributed by atoms with van der Waals surface area (Å²) in [5, 5.41) is 9.53. The van der Waals surface area contributed by atoms with E-state index < -0.39 is 0 Å². The zero-order chi connectivity index (χ0) is 16.8. The number of nitrogens with zero attached hydrogens (tertiary/aromatic N) is 3. The molecule has 24 heavy (non-hydrogen) atoms. The third-order valence-electron chi connectivity index (χ3n) is 4.10. The Morgan fingerprint density at radius 3 is 2.71 bits per heavy atom. The maximum atomic E-state index is 12.2. The fourth-order valence-electron chi connectivity index (χ4n) is 2.79. The van der Waals surface area contributed by atoms with Crippen molar-refractivity contribution in [3.63, 3.8) is 0 Å². The van der Waals surface area contributed by atoms with Crippen LogP contribution in [0.5, 0.6) is 5.75 Å². The van der Waals surface area contributed by atoms with Crippen LogP contribution in [0.4, 0.5) is 0 Å². The second-order valence-electron chi connectivity index (χ2n) is 5.89. The lowest BCUT2D eigenvalue weighted by molar-refractivity contribution is -0.127. The molecule has 3 rings (SSSR count). The molecule has 0 atom stereocenters. The number of benzene rings is 1. The molecule has 1 amide bonds. The molecule has 1 aliphatic heterocycles. The molecular formula is C19H21N3O2. The highest BCUT2D eigenvalue weighted by Crippen LogP contribution is 2.14. The maximum absolute atomic E-state index is 12.2. The van der Waals surface area contributed by atoms with E-state index in [-0.39, 0.29) is 5.91 Å². The average molecular weight is 323 g/mol. The number of carbonyl (C=O) groups is 1. The van der Waals surface area contributed by atoms with Gasteiger partial charge in [0.15, 0.2) is 0 Å². The number of piperazine rings is 1. The van der Waals surface area contributed by atoms with Crippen molar-refractivity contribution in [2.75, 3.05) is 26.2 Å². The van der Waals surface area contributed by atoms with Crippen LogP contribution in [-0.4, -0.2) is 52.0 Å². The normalized spacial score (nSPS) is 15.8. The zero-order valence-corrected chi connectivity index (χ0v) is 13.5. The number of aromatic nitrogens is 1. The number of rotatable bonds is 4. The van der Waals surface area contributed by atoms with E-state index in [0.717, 1.165) is 43.9 Å². The average Bonchev–Trinajstić information content (AvgIpc) is 2.61. The highest BCUT2D eigenvalue weighted by atomic mass is 16.3. The van der Waals surface area contributed by atoms with Crippen molar-refractivity contribution in [3.05, 3.63) is 66.0 Å². The highest BCUT2D eigenvalue weighted by molar-refractivity contribution is 5.91. The third-order valence-corrected chi connectivity index (χ3v) is 4.10. The quantitative estimate of drug-likeness (QED) is 0.876. The van der Waals surface area contributed by atoms with Gasteiger partial charge in [-0.25, -0.2) is 0 Å². The second kappa shape index (κ2) is 7.75. The summed E-state index contributed by atoms with van der Waals surface area (Å²) in [6.07, 6.45) is 6.86. The van der Waals surface area contributed by atoms with Crippen LogP contribution in [0.25, 0.3) is 6.08 Å². The van der Waals surface area contributed by atoms with Crippen molar-refractivity contribution in [1.82, 2.24) is 14.8 Å². The molecule has 0 unspecified atom stereocenters. The second-order valence-corrected chi connectivity index (χ2v) is 5.89. The van der Waals surface area contributed by atoms with Crippen LogP contribution in [0.15, 0.2) is 54.9 Å². The van der Waals surface area contributed by atoms with Crippen molar-refractivity contribution in [1.29, 1.82) is 0 Å². The van der Waals surface area contributed by atoms with Crippen LogP contribution in [-0.2, 0) is 11.3 Å². The highest BCUT2D eigenvalue weighted by Gasteiger charge is 2.19. The van der Waals surface area contributed by atoms with Crippen molar-refractivity contribution in [3.8, 4) is 5.75 Å². The molecule has 1 fully saturated rings. The molecule has 0 spiro atoms. The van der Waals surface area contributed by atoms with E-state index in [0.29, 0.717) is 5.75 Å². The summed E-state index contributed by atoms with van der Waals surface area (Å²) in [5.41, 5.74) is 2.01. The fourth-order valence-corrected chi connectivity index (χ4v) is 2.79. The summed E-state index contributed by atoms with van der Waals surface area (Å²) in [5.74, 6) is 0.331. The van der Waals surface area contributed by atoms with Gasteiger partial charge in [-0.15, -0.1) is 0 Å². The summed E-state index contributed by atoms with van der Waals surface area (Å²) in [7, 11) is 0. The fraction of sp³-hybridized carbons (Fsp3) is 0.263. The Kier molecular flexibility index (Phi) is 5.23. The van der Waals surface area contributed by atoms with Crippen molar-refractivity contribution < 1.29 is 9.90 Å². The lowest BCUT2D eigenvalue weighted by Crippen LogP contribution is -2.47. The number of phenolic OH excluding ortho intramolecular Hbond substituents is 1. The Morgan fingerprint density at radius 2 is 2.00 bits per heavy atom. The van der Waals surface area contributed by atoms with Gasteiger partial charge in [0.2, 0.25) is 5.91 Å². The molecule has 2 aromatic rings. The SMILES string of the molecule is O=C(C=Cc1cccnc1)N1CCN(Cc2cccc(O)c2)CC1. The number of amides is 1. The molecular weight excluding hydrogens is 302 g/mol. The summed E-state index contributed by atoms with van der Waals surface area (Å²) in [4.78, 5) is 20.4. The summed E-state index contributed by atoms with van der Waals surface area (Å²) in [6, 6.07) is 11.1. The molecule has 5 nitrogen and oxygen atoms in total. The van der Waals surface area contributed by atoms with E-state index in [1.807, 2.05) is 29.2 Å². The van der Waals surface area contributed by atoms with Crippen LogP contribution in [0.3, 0.4) is 0 Å². The molecule has 1 aliphatic rings. The smallest absolute Gasteiger partial charge is 0.246 e. The first-order valence-corrected chi connectivity index (χ1v) is 8.08. The van der Waals surface area contributed by atoms with Crippen LogP contribution in [0.1, 0.15) is 11.1 Å². The number of hydrogen-bond donors (Lipinski definition) is 1. The molecule has 0 saturated carbocycles. The van der Waals surface area contributed by atoms with Gasteiger partial charge in [-0.2, -0.15) is 0 Å². The van der Waals surface area contributed by atoms with Gasteiger partial charge < -0.3 is 10.0 Å². The molecule has 5 heteroatoms. The lowest BCUT2D eigenvalue weighted by Gasteiger charge is -2.34. The predicted molar refractivity (Wildman–Crippen MR) is 93.2 cm³/mol. The Morgan fingerprint density at radius 1 is 1.17 bits per heavy atom. The van der Waals surface area contributed by atoms with Crippen LogP contribution in [0, 0.1) is 0 Å². The van der Waals surface area contributed by atoms with Crippen LogP contribution >= 0.6 is 0 Å². The standard InChI is InChI=1S/C19H21N3O2/c23-18-5-1-3-17(13-18)15-21-9-11-22(12-10-21)19(24)7-6-16-4-2-8-20-14-16/h1-8,13-14,23H,9-12,15H2. The molecule has 1 aromatic carbocycles. The van der Waals surface area contributed by atoms with Gasteiger partial charge in [0.05, 0.1) is 0 Å². The van der Waals surface area contributed by atoms with Gasteiger partial charge in [-0.05, 0) is 35.4 Å². The van der Waals surface area contributed by atoms with E-state index >= 15 is 0 Å². The van der Waals surface area contributed by atoms with Gasteiger partial charge in [0.25, 0.3) is 0 Å². The van der Waals surface area contributed by atoms with Crippen molar-refractivity contribution >= 4 is 12.0 Å². The van der Waals surface area contributed by atoms with Crippen molar-refractivity contribution in [2.45, 2.75) is 6.54 Å². The summed E-state index contributed by atoms with van der Waals surface area (Å²) >= 11 is 0. The Labute approximate surface area is 141 Å². The van der Waals surface area contributed by atoms with Crippen LogP contribution in [0.2, 0.25) is 0 Å². The minimum Gasteiger partial charge on any atom is -0.508 e. The first-order chi connectivity index (χ1) is 11.7. The number of hydrogen-bond acceptors (Lipinski definition) is 4. The van der Waals surface area contributed by atoms with Gasteiger partial charge in [-0.3, -0.25) is 14.7 Å². The minimum absolute atomic E-state index is 0.0378. The van der Waals surface area contributed by atoms with Gasteiger partial charge in [0.1, 0.15) is 5.75 Å². The largest absolute Gasteiger partial charge is 0.508 e. The Balaban J connectivity index is 1.49. The molecule has 0 radical (unpaired) electrons. The first kappa shape index (κ1) is 16.2. The number of pyridine rings is 1. The Bertz CT molecular complexity index is 708. The summed E-state index contributed by atoms with van der Waals surface area (Å²) in [6.45, 7) is 3.90. The number of carbonyl (C=O) groups excluding carboxylic acids is 1. The van der Waals surface area contributed by atoms with E-state index in [1.165, 1.54) is 0 Å². The van der Waals surface area contributed by atoms with E-state index in [4.69, 9.17) is 0 Å². The molecule has 0 aliphatic carbocycles. The predicted octanol–water partition coefficient (Wildman–Crippen LogP) is 2.14. The van der Waals surface area contributed by atoms with Crippen LogP contribution < -0.4 is 0 Å². The topological polar surface area (TPSA) is 56.7 Å². The maximum Gasteiger partial charge on any atom is 0.246 e. The van der Waals surface area contributed by atoms with E-state index in [9.17, 15) is 9.90 Å². The van der Waals surface area contributed by atoms with Gasteiger partial charge in [0, 0.05) is 51.2 Å². The van der Waals surface area contributed by atoms with Crippen molar-refractivity contribution in [2.24, 2.45) is 0 Å². The third kappa shape index (κ3) is 4.43. The Hall–Kier alpha value is -2.66.